The van der Waals surface area contributed by atoms with E-state index in [0.717, 1.165) is 9.13 Å². The Hall–Kier alpha value is -2.95. The number of methoxy groups -OCH3 is 1. The minimum absolute atomic E-state index is 0.00593. The Kier molecular flexibility index (Phi) is 7.50. The van der Waals surface area contributed by atoms with Gasteiger partial charge >= 0.3 is 0 Å². The lowest BCUT2D eigenvalue weighted by atomic mass is 10.1. The van der Waals surface area contributed by atoms with E-state index >= 15 is 0 Å². The highest BCUT2D eigenvalue weighted by atomic mass is 127. The van der Waals surface area contributed by atoms with Gasteiger partial charge in [-0.05, 0) is 101 Å². The number of carbonyl (C=O) groups excluding carboxylic acids is 2. The van der Waals surface area contributed by atoms with E-state index < -0.39 is 11.8 Å². The number of nitrogens with zero attached hydrogens (tertiary/aromatic N) is 1. The molecule has 1 aliphatic heterocycles. The number of hydrogen-bond donors (Lipinski definition) is 1. The zero-order chi connectivity index (χ0) is 24.2. The number of ether oxygens (including phenoxy) is 2. The summed E-state index contributed by atoms with van der Waals surface area (Å²) in [5.74, 6) is -0.0764. The third kappa shape index (κ3) is 5.40. The molecular formula is C25H18ClIN2O4S. The molecule has 1 fully saturated rings. The Morgan fingerprint density at radius 2 is 1.74 bits per heavy atom. The Balaban J connectivity index is 1.58. The van der Waals surface area contributed by atoms with Crippen molar-refractivity contribution in [2.24, 2.45) is 0 Å². The summed E-state index contributed by atoms with van der Waals surface area (Å²) in [6.45, 7) is 0.377. The van der Waals surface area contributed by atoms with Crippen LogP contribution in [0.5, 0.6) is 11.5 Å². The van der Waals surface area contributed by atoms with E-state index in [2.05, 4.69) is 27.9 Å². The first kappa shape index (κ1) is 24.2. The molecule has 6 nitrogen and oxygen atoms in total. The average molecular weight is 605 g/mol. The first-order valence-corrected chi connectivity index (χ1v) is 11.9. The van der Waals surface area contributed by atoms with Gasteiger partial charge < -0.3 is 9.47 Å². The van der Waals surface area contributed by atoms with Gasteiger partial charge in [0.2, 0.25) is 0 Å². The van der Waals surface area contributed by atoms with Crippen LogP contribution in [0.3, 0.4) is 0 Å². The number of benzene rings is 3. The molecule has 34 heavy (non-hydrogen) atoms. The number of nitrogens with one attached hydrogen (secondary N) is 1. The molecule has 4 rings (SSSR count). The summed E-state index contributed by atoms with van der Waals surface area (Å²) >= 11 is 13.4. The lowest BCUT2D eigenvalue weighted by molar-refractivity contribution is -0.122. The summed E-state index contributed by atoms with van der Waals surface area (Å²) in [6.07, 6.45) is 1.49. The maximum Gasteiger partial charge on any atom is 0.270 e. The summed E-state index contributed by atoms with van der Waals surface area (Å²) in [7, 11) is 1.53. The van der Waals surface area contributed by atoms with Crippen LogP contribution in [-0.2, 0) is 16.2 Å². The van der Waals surface area contributed by atoms with Crippen LogP contribution in [0.15, 0.2) is 72.3 Å². The molecule has 1 N–H and O–H groups in total. The molecule has 0 spiro atoms. The van der Waals surface area contributed by atoms with Crippen LogP contribution < -0.4 is 19.7 Å². The molecule has 0 aromatic heterocycles. The number of amides is 2. The highest BCUT2D eigenvalue weighted by Gasteiger charge is 2.34. The topological polar surface area (TPSA) is 67.9 Å². The van der Waals surface area contributed by atoms with E-state index in [1.165, 1.54) is 18.1 Å². The van der Waals surface area contributed by atoms with E-state index in [1.54, 1.807) is 42.5 Å². The lowest BCUT2D eigenvalue weighted by Gasteiger charge is -2.29. The molecule has 9 heteroatoms. The van der Waals surface area contributed by atoms with Crippen molar-refractivity contribution in [3.05, 3.63) is 92.0 Å². The maximum atomic E-state index is 13.2. The van der Waals surface area contributed by atoms with E-state index in [-0.39, 0.29) is 10.7 Å². The second-order valence-electron chi connectivity index (χ2n) is 7.26. The minimum atomic E-state index is -0.571. The predicted molar refractivity (Wildman–Crippen MR) is 144 cm³/mol. The fourth-order valence-electron chi connectivity index (χ4n) is 3.28. The lowest BCUT2D eigenvalue weighted by Crippen LogP contribution is -2.54. The van der Waals surface area contributed by atoms with E-state index in [4.69, 9.17) is 33.3 Å². The molecule has 1 saturated heterocycles. The molecular weight excluding hydrogens is 587 g/mol. The minimum Gasteiger partial charge on any atom is -0.493 e. The summed E-state index contributed by atoms with van der Waals surface area (Å²) < 4.78 is 12.5. The Morgan fingerprint density at radius 3 is 2.41 bits per heavy atom. The summed E-state index contributed by atoms with van der Waals surface area (Å²) in [6, 6.07) is 19.8. The van der Waals surface area contributed by atoms with Gasteiger partial charge in [-0.15, -0.1) is 0 Å². The SMILES string of the molecule is COc1cc(/C=C2\C(=O)NC(=S)N(c3ccc(Cl)cc3)C2=O)ccc1OCc1ccc(I)cc1. The second kappa shape index (κ2) is 10.5. The van der Waals surface area contributed by atoms with Gasteiger partial charge in [-0.3, -0.25) is 19.8 Å². The van der Waals surface area contributed by atoms with Gasteiger partial charge in [0.1, 0.15) is 12.2 Å². The molecule has 3 aromatic carbocycles. The van der Waals surface area contributed by atoms with Crippen molar-refractivity contribution in [3.8, 4) is 11.5 Å². The Bertz CT molecular complexity index is 1290. The average Bonchev–Trinajstić information content (AvgIpc) is 2.83. The molecule has 1 heterocycles. The van der Waals surface area contributed by atoms with Crippen molar-refractivity contribution >= 4 is 75.1 Å². The van der Waals surface area contributed by atoms with Crippen LogP contribution in [0.4, 0.5) is 5.69 Å². The van der Waals surface area contributed by atoms with Gasteiger partial charge in [-0.2, -0.15) is 0 Å². The van der Waals surface area contributed by atoms with E-state index in [1.807, 2.05) is 24.3 Å². The van der Waals surface area contributed by atoms with Gasteiger partial charge in [0, 0.05) is 8.59 Å². The quantitative estimate of drug-likeness (QED) is 0.178. The van der Waals surface area contributed by atoms with Crippen molar-refractivity contribution in [1.82, 2.24) is 5.32 Å². The third-order valence-electron chi connectivity index (χ3n) is 4.99. The van der Waals surface area contributed by atoms with E-state index in [0.29, 0.717) is 34.4 Å². The fourth-order valence-corrected chi connectivity index (χ4v) is 4.05. The van der Waals surface area contributed by atoms with Crippen molar-refractivity contribution < 1.29 is 19.1 Å². The molecule has 3 aromatic rings. The number of rotatable bonds is 6. The number of carbonyl (C=O) groups is 2. The monoisotopic (exact) mass is 604 g/mol. The summed E-state index contributed by atoms with van der Waals surface area (Å²) in [5.41, 5.74) is 2.07. The zero-order valence-corrected chi connectivity index (χ0v) is 21.6. The molecule has 2 amide bonds. The smallest absolute Gasteiger partial charge is 0.270 e. The molecule has 0 bridgehead atoms. The van der Waals surface area contributed by atoms with Gasteiger partial charge in [0.25, 0.3) is 11.8 Å². The summed E-state index contributed by atoms with van der Waals surface area (Å²) in [4.78, 5) is 27.0. The van der Waals surface area contributed by atoms with Crippen LogP contribution >= 0.6 is 46.4 Å². The molecule has 0 radical (unpaired) electrons. The third-order valence-corrected chi connectivity index (χ3v) is 6.25. The van der Waals surface area contributed by atoms with Crippen LogP contribution in [0.2, 0.25) is 5.02 Å². The first-order chi connectivity index (χ1) is 16.4. The standard InChI is InChI=1S/C25H18ClIN2O4S/c1-32-22-13-16(4-11-21(22)33-14-15-2-7-18(27)8-3-15)12-20-23(30)28-25(34)29(24(20)31)19-9-5-17(26)6-10-19/h2-13H,14H2,1H3,(H,28,30,34)/b20-12+. The van der Waals surface area contributed by atoms with E-state index in [9.17, 15) is 9.59 Å². The Morgan fingerprint density at radius 1 is 1.03 bits per heavy atom. The number of thiocarbonyl (C=S) groups is 1. The van der Waals surface area contributed by atoms with Crippen LogP contribution in [0.1, 0.15) is 11.1 Å². The van der Waals surface area contributed by atoms with Gasteiger partial charge in [-0.25, -0.2) is 0 Å². The largest absolute Gasteiger partial charge is 0.493 e. The molecule has 0 atom stereocenters. The fraction of sp³-hybridized carbons (Fsp3) is 0.0800. The molecule has 0 aliphatic carbocycles. The van der Waals surface area contributed by atoms with Crippen LogP contribution in [0.25, 0.3) is 6.08 Å². The van der Waals surface area contributed by atoms with Gasteiger partial charge in [0.05, 0.1) is 12.8 Å². The predicted octanol–water partition coefficient (Wildman–Crippen LogP) is 5.36. The Labute approximate surface area is 220 Å². The molecule has 0 unspecified atom stereocenters. The van der Waals surface area contributed by atoms with Crippen molar-refractivity contribution in [2.75, 3.05) is 12.0 Å². The van der Waals surface area contributed by atoms with Crippen LogP contribution in [0, 0.1) is 3.57 Å². The second-order valence-corrected chi connectivity index (χ2v) is 9.33. The molecule has 0 saturated carbocycles. The molecule has 172 valence electrons. The number of halogens is 2. The number of anilines is 1. The highest BCUT2D eigenvalue weighted by molar-refractivity contribution is 14.1. The zero-order valence-electron chi connectivity index (χ0n) is 17.9. The molecule has 1 aliphatic rings. The summed E-state index contributed by atoms with van der Waals surface area (Å²) in [5, 5.41) is 3.09. The highest BCUT2D eigenvalue weighted by Crippen LogP contribution is 2.31. The van der Waals surface area contributed by atoms with Crippen molar-refractivity contribution in [2.45, 2.75) is 6.61 Å². The van der Waals surface area contributed by atoms with Gasteiger partial charge in [0.15, 0.2) is 16.6 Å². The maximum absolute atomic E-state index is 13.2. The van der Waals surface area contributed by atoms with Crippen molar-refractivity contribution in [3.63, 3.8) is 0 Å². The van der Waals surface area contributed by atoms with Gasteiger partial charge in [-0.1, -0.05) is 29.8 Å². The normalized spacial score (nSPS) is 14.9. The number of hydrogen-bond acceptors (Lipinski definition) is 5. The first-order valence-electron chi connectivity index (χ1n) is 10.1. The van der Waals surface area contributed by atoms with Crippen LogP contribution in [-0.4, -0.2) is 24.0 Å². The van der Waals surface area contributed by atoms with Crippen molar-refractivity contribution in [1.29, 1.82) is 0 Å².